The highest BCUT2D eigenvalue weighted by molar-refractivity contribution is 7.99. The Balaban J connectivity index is 1.11. The van der Waals surface area contributed by atoms with Crippen molar-refractivity contribution >= 4 is 55.8 Å². The number of benzene rings is 2. The topological polar surface area (TPSA) is 207 Å². The first-order valence-electron chi connectivity index (χ1n) is 12.6. The molecule has 4 aromatic rings. The number of imidazole rings is 1. The highest BCUT2D eigenvalue weighted by Gasteiger charge is 2.41. The zero-order chi connectivity index (χ0) is 29.5. The van der Waals surface area contributed by atoms with Crippen molar-refractivity contribution in [3.63, 3.8) is 0 Å². The SMILES string of the molecule is Nc1ncnc2c1ncn2[C@H]1C[C@H](OP(=O)([O-])O)[C@@H](COP(=O)(O)OCCN2c3ccccc3Sc3ccccc32)O1. The number of fused-ring (bicyclic) bond motifs is 3. The zero-order valence-corrected chi connectivity index (χ0v) is 24.3. The number of para-hydroxylation sites is 2. The second-order valence-corrected chi connectivity index (χ2v) is 13.0. The Bertz CT molecular complexity index is 1660. The third-order valence-corrected chi connectivity index (χ3v) is 9.30. The molecule has 222 valence electrons. The van der Waals surface area contributed by atoms with Crippen molar-refractivity contribution in [2.24, 2.45) is 0 Å². The average molecular weight is 636 g/mol. The van der Waals surface area contributed by atoms with Gasteiger partial charge >= 0.3 is 7.82 Å². The molecule has 6 rings (SSSR count). The van der Waals surface area contributed by atoms with Crippen molar-refractivity contribution in [1.29, 1.82) is 0 Å². The molecule has 18 heteroatoms. The Hall–Kier alpha value is -2.88. The van der Waals surface area contributed by atoms with Gasteiger partial charge in [-0.1, -0.05) is 36.0 Å². The number of rotatable bonds is 10. The number of nitrogens with two attached hydrogens (primary N) is 1. The molecular formula is C24H25N6O9P2S-. The van der Waals surface area contributed by atoms with Crippen LogP contribution in [0.3, 0.4) is 0 Å². The number of anilines is 3. The molecule has 1 fully saturated rings. The molecule has 2 aromatic carbocycles. The molecule has 2 unspecified atom stereocenters. The maximum Gasteiger partial charge on any atom is 0.472 e. The third kappa shape index (κ3) is 6.24. The van der Waals surface area contributed by atoms with Gasteiger partial charge in [-0.2, -0.15) is 0 Å². The Morgan fingerprint density at radius 3 is 2.43 bits per heavy atom. The lowest BCUT2D eigenvalue weighted by molar-refractivity contribution is -0.225. The van der Waals surface area contributed by atoms with Crippen LogP contribution in [0.1, 0.15) is 12.6 Å². The molecular weight excluding hydrogens is 610 g/mol. The molecule has 4 N–H and O–H groups in total. The van der Waals surface area contributed by atoms with Gasteiger partial charge in [-0.15, -0.1) is 0 Å². The molecule has 0 radical (unpaired) electrons. The maximum atomic E-state index is 12.8. The summed E-state index contributed by atoms with van der Waals surface area (Å²) < 4.78 is 46.9. The lowest BCUT2D eigenvalue weighted by Gasteiger charge is -2.32. The van der Waals surface area contributed by atoms with Crippen molar-refractivity contribution in [3.8, 4) is 0 Å². The van der Waals surface area contributed by atoms with Crippen molar-refractivity contribution < 1.29 is 42.1 Å². The van der Waals surface area contributed by atoms with Gasteiger partial charge < -0.3 is 34.6 Å². The maximum absolute atomic E-state index is 12.8. The standard InChI is InChI=1S/C24H26N6O9P2S/c25-23-22-24(27-13-26-23)30(14-28-22)21-11-17(39-40(31,32)33)18(38-21)12-37-41(34,35)36-10-9-29-15-5-1-3-7-19(15)42-20-8-4-2-6-16(20)29/h1-8,13-14,17-18,21H,9-12H2,(H,34,35)(H2,25,26,27)(H2,31,32,33)/p-1/t17-,18+,21+/m0/s1. The molecule has 0 aliphatic carbocycles. The number of nitrogen functional groups attached to an aromatic ring is 1. The van der Waals surface area contributed by atoms with E-state index in [-0.39, 0.29) is 25.4 Å². The molecule has 5 atom stereocenters. The third-order valence-electron chi connectivity index (χ3n) is 6.65. The summed E-state index contributed by atoms with van der Waals surface area (Å²) in [6, 6.07) is 15.6. The van der Waals surface area contributed by atoms with Crippen LogP contribution in [0.25, 0.3) is 11.2 Å². The number of nitrogens with zero attached hydrogens (tertiary/aromatic N) is 5. The molecule has 15 nitrogen and oxygen atoms in total. The summed E-state index contributed by atoms with van der Waals surface area (Å²) in [5, 5.41) is 0. The Morgan fingerprint density at radius 1 is 1.05 bits per heavy atom. The van der Waals surface area contributed by atoms with E-state index < -0.39 is 40.7 Å². The first-order chi connectivity index (χ1) is 20.1. The van der Waals surface area contributed by atoms with E-state index in [1.807, 2.05) is 53.4 Å². The number of phosphoric ester groups is 2. The summed E-state index contributed by atoms with van der Waals surface area (Å²) >= 11 is 1.64. The molecule has 4 heterocycles. The Morgan fingerprint density at radius 2 is 1.74 bits per heavy atom. The van der Waals surface area contributed by atoms with Crippen LogP contribution in [0, 0.1) is 0 Å². The van der Waals surface area contributed by atoms with Crippen LogP contribution in [-0.2, 0) is 27.4 Å². The molecule has 0 saturated carbocycles. The fraction of sp³-hybridized carbons (Fsp3) is 0.292. The highest BCUT2D eigenvalue weighted by Crippen LogP contribution is 2.49. The van der Waals surface area contributed by atoms with Gasteiger partial charge in [0.2, 0.25) is 0 Å². The second-order valence-electron chi connectivity index (χ2n) is 9.35. The second kappa shape index (κ2) is 11.7. The Kier molecular flexibility index (Phi) is 8.11. The summed E-state index contributed by atoms with van der Waals surface area (Å²) in [6.45, 7) is -0.493. The van der Waals surface area contributed by atoms with Crippen LogP contribution in [0.5, 0.6) is 0 Å². The van der Waals surface area contributed by atoms with Crippen LogP contribution in [0.15, 0.2) is 71.0 Å². The van der Waals surface area contributed by atoms with Crippen molar-refractivity contribution in [2.45, 2.75) is 34.6 Å². The summed E-state index contributed by atoms with van der Waals surface area (Å²) in [6.07, 6.45) is -0.768. The van der Waals surface area contributed by atoms with Crippen LogP contribution in [-0.4, -0.2) is 61.3 Å². The van der Waals surface area contributed by atoms with Gasteiger partial charge in [0.15, 0.2) is 11.5 Å². The first kappa shape index (κ1) is 29.2. The van der Waals surface area contributed by atoms with Crippen molar-refractivity contribution in [2.75, 3.05) is 30.4 Å². The molecule has 1 saturated heterocycles. The van der Waals surface area contributed by atoms with Crippen LogP contribution in [0.4, 0.5) is 17.2 Å². The number of hydrogen-bond donors (Lipinski definition) is 3. The molecule has 0 spiro atoms. The van der Waals surface area contributed by atoms with Crippen molar-refractivity contribution in [1.82, 2.24) is 19.5 Å². The summed E-state index contributed by atoms with van der Waals surface area (Å²) in [7, 11) is -9.81. The Labute approximate surface area is 243 Å². The van der Waals surface area contributed by atoms with E-state index in [9.17, 15) is 23.8 Å². The van der Waals surface area contributed by atoms with E-state index >= 15 is 0 Å². The average Bonchev–Trinajstić information content (AvgIpc) is 3.55. The number of hydrogen-bond acceptors (Lipinski definition) is 13. The largest absolute Gasteiger partial charge is 0.756 e. The summed E-state index contributed by atoms with van der Waals surface area (Å²) in [5.41, 5.74) is 8.34. The number of aromatic nitrogens is 4. The zero-order valence-electron chi connectivity index (χ0n) is 21.7. The summed E-state index contributed by atoms with van der Waals surface area (Å²) in [4.78, 5) is 47.5. The van der Waals surface area contributed by atoms with Gasteiger partial charge in [0, 0.05) is 22.8 Å². The van der Waals surface area contributed by atoms with E-state index in [1.54, 1.807) is 11.8 Å². The lowest BCUT2D eigenvalue weighted by atomic mass is 10.2. The summed E-state index contributed by atoms with van der Waals surface area (Å²) in [5.74, 6) is 0.137. The molecule has 0 amide bonds. The molecule has 42 heavy (non-hydrogen) atoms. The number of phosphoric acid groups is 2. The van der Waals surface area contributed by atoms with Gasteiger partial charge in [-0.05, 0) is 24.3 Å². The van der Waals surface area contributed by atoms with E-state index in [2.05, 4.69) is 15.0 Å². The molecule has 2 aromatic heterocycles. The van der Waals surface area contributed by atoms with Gasteiger partial charge in [0.05, 0.1) is 37.0 Å². The van der Waals surface area contributed by atoms with E-state index in [0.29, 0.717) is 11.2 Å². The van der Waals surface area contributed by atoms with E-state index in [1.165, 1.54) is 17.2 Å². The predicted octanol–water partition coefficient (Wildman–Crippen LogP) is 2.98. The molecule has 0 bridgehead atoms. The normalized spacial score (nSPS) is 22.8. The van der Waals surface area contributed by atoms with E-state index in [0.717, 1.165) is 21.2 Å². The van der Waals surface area contributed by atoms with E-state index in [4.69, 9.17) is 24.0 Å². The monoisotopic (exact) mass is 635 g/mol. The lowest BCUT2D eigenvalue weighted by Crippen LogP contribution is -2.29. The smallest absolute Gasteiger partial charge is 0.472 e. The van der Waals surface area contributed by atoms with Crippen molar-refractivity contribution in [3.05, 3.63) is 61.2 Å². The highest BCUT2D eigenvalue weighted by atomic mass is 32.2. The fourth-order valence-electron chi connectivity index (χ4n) is 4.86. The van der Waals surface area contributed by atoms with Crippen LogP contribution in [0.2, 0.25) is 0 Å². The number of ether oxygens (including phenoxy) is 1. The minimum atomic E-state index is -5.19. The van der Waals surface area contributed by atoms with Crippen LogP contribution >= 0.6 is 27.4 Å². The van der Waals surface area contributed by atoms with Gasteiger partial charge in [0.25, 0.3) is 7.82 Å². The minimum Gasteiger partial charge on any atom is -0.756 e. The van der Waals surface area contributed by atoms with Gasteiger partial charge in [-0.25, -0.2) is 19.5 Å². The minimum absolute atomic E-state index is 0.0848. The fourth-order valence-corrected chi connectivity index (χ4v) is 7.24. The van der Waals surface area contributed by atoms with Gasteiger partial charge in [0.1, 0.15) is 24.2 Å². The predicted molar refractivity (Wildman–Crippen MR) is 149 cm³/mol. The van der Waals surface area contributed by atoms with Crippen LogP contribution < -0.4 is 15.5 Å². The molecule has 2 aliphatic heterocycles. The van der Waals surface area contributed by atoms with Gasteiger partial charge in [-0.3, -0.25) is 18.2 Å². The molecule has 2 aliphatic rings. The first-order valence-corrected chi connectivity index (χ1v) is 16.4. The quantitative estimate of drug-likeness (QED) is 0.214.